The van der Waals surface area contributed by atoms with Crippen LogP contribution in [0.4, 0.5) is 4.39 Å². The van der Waals surface area contributed by atoms with Crippen molar-refractivity contribution in [3.8, 4) is 0 Å². The van der Waals surface area contributed by atoms with Crippen LogP contribution in [0.1, 0.15) is 31.4 Å². The predicted octanol–water partition coefficient (Wildman–Crippen LogP) is 1.96. The zero-order valence-corrected chi connectivity index (χ0v) is 9.76. The van der Waals surface area contributed by atoms with Crippen LogP contribution in [-0.2, 0) is 12.0 Å². The third-order valence-corrected chi connectivity index (χ3v) is 3.24. The molecule has 16 heavy (non-hydrogen) atoms. The van der Waals surface area contributed by atoms with E-state index in [1.165, 1.54) is 6.07 Å². The van der Waals surface area contributed by atoms with Gasteiger partial charge >= 0.3 is 0 Å². The van der Waals surface area contributed by atoms with E-state index in [1.54, 1.807) is 12.1 Å². The number of nitrogens with one attached hydrogen (secondary N) is 1. The third kappa shape index (κ3) is 1.85. The van der Waals surface area contributed by atoms with E-state index in [1.807, 2.05) is 0 Å². The van der Waals surface area contributed by atoms with Crippen molar-refractivity contribution in [1.29, 1.82) is 0 Å². The van der Waals surface area contributed by atoms with E-state index in [4.69, 9.17) is 0 Å². The predicted molar refractivity (Wildman–Crippen MR) is 61.8 cm³/mol. The van der Waals surface area contributed by atoms with E-state index < -0.39 is 0 Å². The SMILES string of the molecule is CC(C)NC1(CO)CCc2cc(F)ccc21. The molecule has 3 heteroatoms. The lowest BCUT2D eigenvalue weighted by Crippen LogP contribution is -2.47. The van der Waals surface area contributed by atoms with Gasteiger partial charge in [0.15, 0.2) is 0 Å². The van der Waals surface area contributed by atoms with E-state index in [2.05, 4.69) is 19.2 Å². The van der Waals surface area contributed by atoms with Gasteiger partial charge in [-0.1, -0.05) is 6.07 Å². The molecule has 1 atom stereocenters. The van der Waals surface area contributed by atoms with Crippen LogP contribution in [0, 0.1) is 5.82 Å². The minimum atomic E-state index is -0.378. The fourth-order valence-corrected chi connectivity index (χ4v) is 2.63. The minimum absolute atomic E-state index is 0.0593. The zero-order valence-electron chi connectivity index (χ0n) is 9.76. The molecule has 1 aromatic rings. The van der Waals surface area contributed by atoms with Gasteiger partial charge in [0.05, 0.1) is 12.1 Å². The van der Waals surface area contributed by atoms with E-state index in [0.717, 1.165) is 24.0 Å². The summed E-state index contributed by atoms with van der Waals surface area (Å²) in [5.41, 5.74) is 1.68. The van der Waals surface area contributed by atoms with Gasteiger partial charge in [-0.2, -0.15) is 0 Å². The summed E-state index contributed by atoms with van der Waals surface area (Å²) in [7, 11) is 0. The van der Waals surface area contributed by atoms with Gasteiger partial charge < -0.3 is 10.4 Å². The van der Waals surface area contributed by atoms with Crippen LogP contribution in [0.2, 0.25) is 0 Å². The molecule has 2 N–H and O–H groups in total. The Morgan fingerprint density at radius 2 is 2.25 bits per heavy atom. The Hall–Kier alpha value is -0.930. The summed E-state index contributed by atoms with van der Waals surface area (Å²) in [5.74, 6) is -0.197. The molecule has 0 heterocycles. The van der Waals surface area contributed by atoms with Crippen LogP contribution < -0.4 is 5.32 Å². The molecule has 0 aromatic heterocycles. The van der Waals surface area contributed by atoms with Crippen LogP contribution in [0.25, 0.3) is 0 Å². The fourth-order valence-electron chi connectivity index (χ4n) is 2.63. The molecule has 2 rings (SSSR count). The molecule has 1 aliphatic rings. The van der Waals surface area contributed by atoms with Crippen molar-refractivity contribution in [3.05, 3.63) is 35.1 Å². The van der Waals surface area contributed by atoms with Crippen LogP contribution in [0.5, 0.6) is 0 Å². The lowest BCUT2D eigenvalue weighted by atomic mass is 9.92. The number of hydrogen-bond acceptors (Lipinski definition) is 2. The van der Waals surface area contributed by atoms with E-state index in [0.29, 0.717) is 6.04 Å². The fraction of sp³-hybridized carbons (Fsp3) is 0.538. The maximum atomic E-state index is 13.1. The Bertz CT molecular complexity index is 392. The van der Waals surface area contributed by atoms with Crippen LogP contribution in [-0.4, -0.2) is 17.8 Å². The lowest BCUT2D eigenvalue weighted by molar-refractivity contribution is 0.151. The van der Waals surface area contributed by atoms with E-state index in [9.17, 15) is 9.50 Å². The molecule has 2 nitrogen and oxygen atoms in total. The molecular formula is C13H18FNO. The summed E-state index contributed by atoms with van der Waals surface area (Å²) in [6.07, 6.45) is 1.66. The molecule has 1 aliphatic carbocycles. The Labute approximate surface area is 95.5 Å². The molecule has 1 aromatic carbocycles. The van der Waals surface area contributed by atoms with Crippen LogP contribution in [0.3, 0.4) is 0 Å². The molecule has 1 unspecified atom stereocenters. The minimum Gasteiger partial charge on any atom is -0.394 e. The zero-order chi connectivity index (χ0) is 11.8. The first-order chi connectivity index (χ1) is 7.57. The molecule has 0 saturated carbocycles. The number of rotatable bonds is 3. The van der Waals surface area contributed by atoms with Gasteiger partial charge in [-0.05, 0) is 49.9 Å². The Morgan fingerprint density at radius 1 is 1.50 bits per heavy atom. The quantitative estimate of drug-likeness (QED) is 0.821. The topological polar surface area (TPSA) is 32.3 Å². The molecule has 0 bridgehead atoms. The van der Waals surface area contributed by atoms with Gasteiger partial charge in [-0.15, -0.1) is 0 Å². The number of benzene rings is 1. The molecule has 0 saturated heterocycles. The first-order valence-corrected chi connectivity index (χ1v) is 5.75. The van der Waals surface area contributed by atoms with Gasteiger partial charge in [-0.3, -0.25) is 0 Å². The Kier molecular flexibility index (Phi) is 3.00. The molecule has 0 spiro atoms. The van der Waals surface area contributed by atoms with Crippen molar-refractivity contribution >= 4 is 0 Å². The first kappa shape index (κ1) is 11.6. The standard InChI is InChI=1S/C13H18FNO/c1-9(2)15-13(8-16)6-5-10-7-11(14)3-4-12(10)13/h3-4,7,9,15-16H,5-6,8H2,1-2H3. The monoisotopic (exact) mass is 223 g/mol. The van der Waals surface area contributed by atoms with Gasteiger partial charge in [0.2, 0.25) is 0 Å². The molecule has 0 fully saturated rings. The average molecular weight is 223 g/mol. The molecule has 0 radical (unpaired) electrons. The summed E-state index contributed by atoms with van der Waals surface area (Å²) < 4.78 is 13.1. The summed E-state index contributed by atoms with van der Waals surface area (Å²) in [6.45, 7) is 4.17. The highest BCUT2D eigenvalue weighted by Crippen LogP contribution is 2.37. The van der Waals surface area contributed by atoms with Crippen LogP contribution >= 0.6 is 0 Å². The summed E-state index contributed by atoms with van der Waals surface area (Å²) in [6, 6.07) is 5.14. The van der Waals surface area contributed by atoms with Gasteiger partial charge in [0, 0.05) is 6.04 Å². The maximum Gasteiger partial charge on any atom is 0.123 e. The first-order valence-electron chi connectivity index (χ1n) is 5.75. The molecule has 0 amide bonds. The third-order valence-electron chi connectivity index (χ3n) is 3.24. The largest absolute Gasteiger partial charge is 0.394 e. The van der Waals surface area contributed by atoms with Crippen molar-refractivity contribution in [2.24, 2.45) is 0 Å². The van der Waals surface area contributed by atoms with Crippen molar-refractivity contribution in [2.45, 2.75) is 38.3 Å². The normalized spacial score (nSPS) is 23.8. The van der Waals surface area contributed by atoms with Gasteiger partial charge in [0.1, 0.15) is 5.82 Å². The summed E-state index contributed by atoms with van der Waals surface area (Å²) >= 11 is 0. The van der Waals surface area contributed by atoms with Gasteiger partial charge in [0.25, 0.3) is 0 Å². The molecular weight excluding hydrogens is 205 g/mol. The molecule has 0 aliphatic heterocycles. The van der Waals surface area contributed by atoms with E-state index in [-0.39, 0.29) is 18.0 Å². The second-order valence-electron chi connectivity index (χ2n) is 4.84. The number of fused-ring (bicyclic) bond motifs is 1. The summed E-state index contributed by atoms with van der Waals surface area (Å²) in [5, 5.41) is 13.0. The highest BCUT2D eigenvalue weighted by molar-refractivity contribution is 5.39. The number of aryl methyl sites for hydroxylation is 1. The number of halogens is 1. The van der Waals surface area contributed by atoms with Crippen molar-refractivity contribution in [3.63, 3.8) is 0 Å². The van der Waals surface area contributed by atoms with Crippen LogP contribution in [0.15, 0.2) is 18.2 Å². The number of hydrogen-bond donors (Lipinski definition) is 2. The van der Waals surface area contributed by atoms with Crippen molar-refractivity contribution < 1.29 is 9.50 Å². The second kappa shape index (κ2) is 4.15. The Morgan fingerprint density at radius 3 is 2.88 bits per heavy atom. The van der Waals surface area contributed by atoms with Crippen molar-refractivity contribution in [1.82, 2.24) is 5.32 Å². The molecule has 88 valence electrons. The number of aliphatic hydroxyl groups excluding tert-OH is 1. The van der Waals surface area contributed by atoms with Crippen molar-refractivity contribution in [2.75, 3.05) is 6.61 Å². The number of aliphatic hydroxyl groups is 1. The Balaban J connectivity index is 2.39. The van der Waals surface area contributed by atoms with E-state index >= 15 is 0 Å². The second-order valence-corrected chi connectivity index (χ2v) is 4.84. The van der Waals surface area contributed by atoms with Gasteiger partial charge in [-0.25, -0.2) is 4.39 Å². The highest BCUT2D eigenvalue weighted by Gasteiger charge is 2.38. The average Bonchev–Trinajstić information content (AvgIpc) is 2.56. The lowest BCUT2D eigenvalue weighted by Gasteiger charge is -2.32. The maximum absolute atomic E-state index is 13.1. The summed E-state index contributed by atoms with van der Waals surface area (Å²) in [4.78, 5) is 0. The highest BCUT2D eigenvalue weighted by atomic mass is 19.1. The smallest absolute Gasteiger partial charge is 0.123 e.